The third-order valence-electron chi connectivity index (χ3n) is 16.1. The minimum Gasteiger partial charge on any atom is -0.311 e. The van der Waals surface area contributed by atoms with E-state index in [-0.39, 0.29) is 0 Å². The van der Waals surface area contributed by atoms with E-state index in [9.17, 15) is 0 Å². The average molecular weight is 1120 g/mol. The van der Waals surface area contributed by atoms with Crippen LogP contribution in [0.1, 0.15) is 13.8 Å². The Bertz CT molecular complexity index is 4420. The smallest absolute Gasteiger partial charge is 0.0619 e. The van der Waals surface area contributed by atoms with Gasteiger partial charge in [0.15, 0.2) is 0 Å². The molecule has 0 bridgehead atoms. The van der Waals surface area contributed by atoms with Crippen LogP contribution in [0, 0.1) is 0 Å². The standard InChI is InChI=1S/C78H55N3.C6H10/c1-6-18-56(19-7-1)60-30-42-68(43-31-60)79(69-44-32-61(33-45-69)57-20-8-2-9-21-57)72-50-38-64(39-51-72)66-54-75(78-76(55-66)74-28-16-17-29-77(74)81(78)67-26-14-5-15-27-67)65-40-52-73(53-41-65)80(70-46-34-62(35-47-70)58-22-10-3-11-23-58)71-48-36-63(37-49-71)59-24-12-4-13-25-59;1-3-5-6-4-2/h1-55H;3-6H,1-2H3/b;5-3-,6-4-. The summed E-state index contributed by atoms with van der Waals surface area (Å²) in [6, 6.07) is 121. The van der Waals surface area contributed by atoms with Crippen LogP contribution in [0.4, 0.5) is 34.1 Å². The largest absolute Gasteiger partial charge is 0.311 e. The fourth-order valence-corrected chi connectivity index (χ4v) is 11.8. The van der Waals surface area contributed by atoms with E-state index in [2.05, 4.69) is 348 Å². The molecule has 0 unspecified atom stereocenters. The molecule has 3 nitrogen and oxygen atoms in total. The van der Waals surface area contributed by atoms with Gasteiger partial charge in [0.2, 0.25) is 0 Å². The predicted molar refractivity (Wildman–Crippen MR) is 372 cm³/mol. The molecule has 1 heterocycles. The number of rotatable bonds is 14. The van der Waals surface area contributed by atoms with Crippen LogP contribution in [0.2, 0.25) is 0 Å². The fraction of sp³-hybridized carbons (Fsp3) is 0.0238. The first-order chi connectivity index (χ1) is 43.1. The van der Waals surface area contributed by atoms with E-state index >= 15 is 0 Å². The van der Waals surface area contributed by atoms with Gasteiger partial charge in [-0.1, -0.05) is 255 Å². The maximum atomic E-state index is 2.44. The van der Waals surface area contributed by atoms with Crippen LogP contribution < -0.4 is 9.80 Å². The van der Waals surface area contributed by atoms with E-state index in [4.69, 9.17) is 0 Å². The number of allylic oxidation sites excluding steroid dienone is 4. The molecule has 87 heavy (non-hydrogen) atoms. The molecule has 0 aliphatic carbocycles. The first kappa shape index (κ1) is 55.0. The summed E-state index contributed by atoms with van der Waals surface area (Å²) in [5, 5.41) is 2.41. The number of benzene rings is 13. The summed E-state index contributed by atoms with van der Waals surface area (Å²) in [7, 11) is 0. The van der Waals surface area contributed by atoms with Crippen molar-refractivity contribution < 1.29 is 0 Å². The highest BCUT2D eigenvalue weighted by atomic mass is 15.1. The lowest BCUT2D eigenvalue weighted by molar-refractivity contribution is 1.18. The average Bonchev–Trinajstić information content (AvgIpc) is 1.93. The minimum atomic E-state index is 1.07. The van der Waals surface area contributed by atoms with Crippen LogP contribution in [0.25, 0.3) is 94.3 Å². The minimum absolute atomic E-state index is 1.07. The molecule has 13 aromatic carbocycles. The SMILES string of the molecule is C/C=C\C=C/C.c1ccc(-c2ccc(N(c3ccc(-c4ccccc4)cc3)c3ccc(-c4cc(-c5ccc(N(c6ccc(-c7ccccc7)cc6)c6ccc(-c7ccccc7)cc6)cc5)c5c(c4)c4ccccc4n5-c4ccccc4)cc3)cc2)cc1. The molecule has 0 amide bonds. The Balaban J connectivity index is 0.00000111. The van der Waals surface area contributed by atoms with Crippen molar-refractivity contribution in [1.82, 2.24) is 4.57 Å². The Kier molecular flexibility index (Phi) is 16.2. The second-order valence-electron chi connectivity index (χ2n) is 21.6. The van der Waals surface area contributed by atoms with E-state index in [1.807, 2.05) is 38.2 Å². The maximum Gasteiger partial charge on any atom is 0.0619 e. The van der Waals surface area contributed by atoms with E-state index in [1.54, 1.807) is 0 Å². The molecule has 0 saturated heterocycles. The number of hydrogen-bond acceptors (Lipinski definition) is 2. The number of anilines is 6. The van der Waals surface area contributed by atoms with Gasteiger partial charge < -0.3 is 14.4 Å². The highest BCUT2D eigenvalue weighted by molar-refractivity contribution is 6.15. The zero-order valence-corrected chi connectivity index (χ0v) is 48.9. The van der Waals surface area contributed by atoms with Crippen molar-refractivity contribution in [2.24, 2.45) is 0 Å². The molecule has 0 aliphatic heterocycles. The number of hydrogen-bond donors (Lipinski definition) is 0. The normalized spacial score (nSPS) is 11.2. The van der Waals surface area contributed by atoms with Crippen LogP contribution in [-0.4, -0.2) is 4.57 Å². The predicted octanol–water partition coefficient (Wildman–Crippen LogP) is 23.9. The molecule has 3 heteroatoms. The van der Waals surface area contributed by atoms with Crippen molar-refractivity contribution >= 4 is 55.9 Å². The third-order valence-corrected chi connectivity index (χ3v) is 16.1. The summed E-state index contributed by atoms with van der Waals surface area (Å²) in [5.74, 6) is 0. The molecule has 0 radical (unpaired) electrons. The Labute approximate surface area is 511 Å². The number of nitrogens with zero attached hydrogens (tertiary/aromatic N) is 3. The fourth-order valence-electron chi connectivity index (χ4n) is 11.8. The van der Waals surface area contributed by atoms with Gasteiger partial charge >= 0.3 is 0 Å². The van der Waals surface area contributed by atoms with Crippen LogP contribution in [-0.2, 0) is 0 Å². The van der Waals surface area contributed by atoms with Gasteiger partial charge in [0.1, 0.15) is 0 Å². The molecule has 0 fully saturated rings. The van der Waals surface area contributed by atoms with Gasteiger partial charge in [0.05, 0.1) is 11.0 Å². The summed E-state index contributed by atoms with van der Waals surface area (Å²) in [4.78, 5) is 4.72. The second-order valence-corrected chi connectivity index (χ2v) is 21.6. The molecular formula is C84H65N3. The summed E-state index contributed by atoms with van der Waals surface area (Å²) >= 11 is 0. The summed E-state index contributed by atoms with van der Waals surface area (Å²) in [6.45, 7) is 4.00. The first-order valence-corrected chi connectivity index (χ1v) is 29.9. The summed E-state index contributed by atoms with van der Waals surface area (Å²) < 4.78 is 2.44. The Morgan fingerprint density at radius 3 is 0.851 bits per heavy atom. The Morgan fingerprint density at radius 1 is 0.241 bits per heavy atom. The van der Waals surface area contributed by atoms with Gasteiger partial charge in [-0.3, -0.25) is 0 Å². The van der Waals surface area contributed by atoms with E-state index < -0.39 is 0 Å². The van der Waals surface area contributed by atoms with Crippen molar-refractivity contribution in [1.29, 1.82) is 0 Å². The van der Waals surface area contributed by atoms with Crippen molar-refractivity contribution in [2.75, 3.05) is 9.80 Å². The highest BCUT2D eigenvalue weighted by Gasteiger charge is 2.21. The molecule has 1 aromatic heterocycles. The van der Waals surface area contributed by atoms with Gasteiger partial charge in [-0.25, -0.2) is 0 Å². The molecule has 0 spiro atoms. The zero-order valence-electron chi connectivity index (χ0n) is 48.9. The van der Waals surface area contributed by atoms with Crippen molar-refractivity contribution in [2.45, 2.75) is 13.8 Å². The number of para-hydroxylation sites is 2. The van der Waals surface area contributed by atoms with Gasteiger partial charge in [0, 0.05) is 56.1 Å². The van der Waals surface area contributed by atoms with Crippen LogP contribution in [0.5, 0.6) is 0 Å². The monoisotopic (exact) mass is 1120 g/mol. The number of fused-ring (bicyclic) bond motifs is 3. The summed E-state index contributed by atoms with van der Waals surface area (Å²) in [6.07, 6.45) is 8.00. The molecule has 14 rings (SSSR count). The topological polar surface area (TPSA) is 11.4 Å². The van der Waals surface area contributed by atoms with E-state index in [0.717, 1.165) is 62.1 Å². The lowest BCUT2D eigenvalue weighted by Crippen LogP contribution is -2.10. The highest BCUT2D eigenvalue weighted by Crippen LogP contribution is 2.45. The van der Waals surface area contributed by atoms with Gasteiger partial charge in [-0.2, -0.15) is 0 Å². The molecule has 0 N–H and O–H groups in total. The molecule has 0 aliphatic rings. The van der Waals surface area contributed by atoms with Crippen molar-refractivity contribution in [3.8, 4) is 72.4 Å². The molecular weight excluding hydrogens is 1050 g/mol. The van der Waals surface area contributed by atoms with Gasteiger partial charge in [0.25, 0.3) is 0 Å². The van der Waals surface area contributed by atoms with E-state index in [0.29, 0.717) is 0 Å². The van der Waals surface area contributed by atoms with Crippen molar-refractivity contribution in [3.63, 3.8) is 0 Å². The molecule has 0 saturated carbocycles. The molecule has 14 aromatic rings. The number of aromatic nitrogens is 1. The Hall–Kier alpha value is -11.3. The maximum absolute atomic E-state index is 2.44. The molecule has 0 atom stereocenters. The second kappa shape index (κ2) is 25.7. The summed E-state index contributed by atoms with van der Waals surface area (Å²) in [5.41, 5.74) is 24.0. The quantitative estimate of drug-likeness (QED) is 0.101. The third kappa shape index (κ3) is 11.8. The van der Waals surface area contributed by atoms with Crippen LogP contribution in [0.15, 0.2) is 358 Å². The zero-order chi connectivity index (χ0) is 58.7. The van der Waals surface area contributed by atoms with Crippen LogP contribution >= 0.6 is 0 Å². The Morgan fingerprint density at radius 2 is 0.517 bits per heavy atom. The van der Waals surface area contributed by atoms with Gasteiger partial charge in [-0.15, -0.1) is 0 Å². The van der Waals surface area contributed by atoms with Crippen molar-refractivity contribution in [3.05, 3.63) is 358 Å². The first-order valence-electron chi connectivity index (χ1n) is 29.9. The lowest BCUT2D eigenvalue weighted by atomic mass is 9.95. The van der Waals surface area contributed by atoms with Crippen LogP contribution in [0.3, 0.4) is 0 Å². The van der Waals surface area contributed by atoms with E-state index in [1.165, 1.54) is 66.3 Å². The van der Waals surface area contributed by atoms with Gasteiger partial charge in [-0.05, 0) is 178 Å². The lowest BCUT2D eigenvalue weighted by Gasteiger charge is -2.26. The molecule has 416 valence electrons.